The zero-order chi connectivity index (χ0) is 8.69. The lowest BCUT2D eigenvalue weighted by atomic mass is 10.2. The van der Waals surface area contributed by atoms with Crippen molar-refractivity contribution in [3.63, 3.8) is 0 Å². The molecular formula is C8H17NO2. The molecule has 1 unspecified atom stereocenters. The second-order valence-electron chi connectivity index (χ2n) is 2.85. The lowest BCUT2D eigenvalue weighted by Gasteiger charge is -2.15. The van der Waals surface area contributed by atoms with Crippen molar-refractivity contribution >= 4 is 6.47 Å². The molecule has 0 amide bonds. The van der Waals surface area contributed by atoms with Crippen LogP contribution in [0.1, 0.15) is 19.8 Å². The van der Waals surface area contributed by atoms with Gasteiger partial charge in [0, 0.05) is 6.54 Å². The Kier molecular flexibility index (Phi) is 5.84. The van der Waals surface area contributed by atoms with Gasteiger partial charge in [0.05, 0.1) is 0 Å². The third kappa shape index (κ3) is 5.85. The molecule has 0 fully saturated rings. The van der Waals surface area contributed by atoms with E-state index in [9.17, 15) is 4.79 Å². The van der Waals surface area contributed by atoms with Gasteiger partial charge in [-0.1, -0.05) is 6.92 Å². The molecule has 1 atom stereocenters. The second kappa shape index (κ2) is 6.16. The highest BCUT2D eigenvalue weighted by atomic mass is 16.5. The normalized spacial score (nSPS) is 13.1. The summed E-state index contributed by atoms with van der Waals surface area (Å²) in [5.74, 6) is 0. The van der Waals surface area contributed by atoms with Crippen LogP contribution in [-0.4, -0.2) is 38.1 Å². The van der Waals surface area contributed by atoms with E-state index in [0.29, 0.717) is 6.47 Å². The van der Waals surface area contributed by atoms with E-state index in [1.165, 1.54) is 0 Å². The first kappa shape index (κ1) is 10.4. The first-order valence-electron chi connectivity index (χ1n) is 3.94. The zero-order valence-electron chi connectivity index (χ0n) is 7.54. The molecule has 0 saturated carbocycles. The molecule has 0 aliphatic heterocycles. The van der Waals surface area contributed by atoms with Crippen LogP contribution in [0.4, 0.5) is 0 Å². The summed E-state index contributed by atoms with van der Waals surface area (Å²) in [6.07, 6.45) is 1.91. The molecule has 66 valence electrons. The molecule has 0 heterocycles. The number of ether oxygens (including phenoxy) is 1. The maximum atomic E-state index is 9.98. The van der Waals surface area contributed by atoms with Crippen LogP contribution >= 0.6 is 0 Å². The fraction of sp³-hybridized carbons (Fsp3) is 0.875. The lowest BCUT2D eigenvalue weighted by Crippen LogP contribution is -2.20. The molecule has 0 aliphatic carbocycles. The molecule has 0 aliphatic rings. The van der Waals surface area contributed by atoms with Gasteiger partial charge in [-0.2, -0.15) is 0 Å². The molecule has 0 aromatic heterocycles. The van der Waals surface area contributed by atoms with Gasteiger partial charge in [0.2, 0.25) is 0 Å². The molecule has 11 heavy (non-hydrogen) atoms. The predicted octanol–water partition coefficient (Wildman–Crippen LogP) is 0.890. The third-order valence-electron chi connectivity index (χ3n) is 1.60. The maximum Gasteiger partial charge on any atom is 0.293 e. The molecule has 0 spiro atoms. The minimum atomic E-state index is 0.0925. The van der Waals surface area contributed by atoms with Crippen molar-refractivity contribution in [2.45, 2.75) is 25.9 Å². The topological polar surface area (TPSA) is 29.5 Å². The number of nitrogens with zero attached hydrogens (tertiary/aromatic N) is 1. The first-order valence-corrected chi connectivity index (χ1v) is 3.94. The molecule has 0 aromatic carbocycles. The Morgan fingerprint density at radius 3 is 2.55 bits per heavy atom. The van der Waals surface area contributed by atoms with Crippen molar-refractivity contribution in [1.29, 1.82) is 0 Å². The van der Waals surface area contributed by atoms with Gasteiger partial charge < -0.3 is 9.64 Å². The summed E-state index contributed by atoms with van der Waals surface area (Å²) in [7, 11) is 4.02. The van der Waals surface area contributed by atoms with Crippen LogP contribution in [0.5, 0.6) is 0 Å². The van der Waals surface area contributed by atoms with Gasteiger partial charge in [-0.25, -0.2) is 0 Å². The summed E-state index contributed by atoms with van der Waals surface area (Å²) in [5.41, 5.74) is 0. The fourth-order valence-electron chi connectivity index (χ4n) is 0.849. The SMILES string of the molecule is CCC(CCN(C)C)OC=O. The molecule has 3 nitrogen and oxygen atoms in total. The summed E-state index contributed by atoms with van der Waals surface area (Å²) in [6.45, 7) is 3.51. The molecule has 0 rings (SSSR count). The van der Waals surface area contributed by atoms with E-state index in [-0.39, 0.29) is 6.10 Å². The summed E-state index contributed by atoms with van der Waals surface area (Å²) >= 11 is 0. The summed E-state index contributed by atoms with van der Waals surface area (Å²) < 4.78 is 4.83. The minimum absolute atomic E-state index is 0.0925. The quantitative estimate of drug-likeness (QED) is 0.539. The van der Waals surface area contributed by atoms with Gasteiger partial charge in [-0.05, 0) is 26.9 Å². The Morgan fingerprint density at radius 1 is 1.55 bits per heavy atom. The smallest absolute Gasteiger partial charge is 0.293 e. The van der Waals surface area contributed by atoms with Crippen LogP contribution in [0.3, 0.4) is 0 Å². The van der Waals surface area contributed by atoms with Gasteiger partial charge in [0.15, 0.2) is 0 Å². The number of carbonyl (C=O) groups is 1. The molecule has 0 N–H and O–H groups in total. The van der Waals surface area contributed by atoms with E-state index in [1.807, 2.05) is 21.0 Å². The molecule has 0 radical (unpaired) electrons. The summed E-state index contributed by atoms with van der Waals surface area (Å²) in [4.78, 5) is 12.1. The van der Waals surface area contributed by atoms with Crippen molar-refractivity contribution in [3.05, 3.63) is 0 Å². The van der Waals surface area contributed by atoms with Crippen LogP contribution in [0, 0.1) is 0 Å². The largest absolute Gasteiger partial charge is 0.465 e. The van der Waals surface area contributed by atoms with Crippen LogP contribution in [0.15, 0.2) is 0 Å². The van der Waals surface area contributed by atoms with Gasteiger partial charge in [-0.15, -0.1) is 0 Å². The highest BCUT2D eigenvalue weighted by Crippen LogP contribution is 2.01. The standard InChI is InChI=1S/C8H17NO2/c1-4-8(11-7-10)5-6-9(2)3/h7-8H,4-6H2,1-3H3. The predicted molar refractivity (Wildman–Crippen MR) is 44.4 cm³/mol. The average molecular weight is 159 g/mol. The third-order valence-corrected chi connectivity index (χ3v) is 1.60. The zero-order valence-corrected chi connectivity index (χ0v) is 7.54. The Bertz CT molecular complexity index is 104. The second-order valence-corrected chi connectivity index (χ2v) is 2.85. The monoisotopic (exact) mass is 159 g/mol. The molecule has 0 bridgehead atoms. The highest BCUT2D eigenvalue weighted by molar-refractivity contribution is 5.37. The van der Waals surface area contributed by atoms with Crippen LogP contribution < -0.4 is 0 Å². The van der Waals surface area contributed by atoms with E-state index in [2.05, 4.69) is 4.90 Å². The van der Waals surface area contributed by atoms with Gasteiger partial charge in [0.25, 0.3) is 6.47 Å². The van der Waals surface area contributed by atoms with Crippen molar-refractivity contribution < 1.29 is 9.53 Å². The van der Waals surface area contributed by atoms with E-state index in [1.54, 1.807) is 0 Å². The van der Waals surface area contributed by atoms with Gasteiger partial charge in [0.1, 0.15) is 6.10 Å². The summed E-state index contributed by atoms with van der Waals surface area (Å²) in [6, 6.07) is 0. The highest BCUT2D eigenvalue weighted by Gasteiger charge is 2.05. The van der Waals surface area contributed by atoms with Crippen LogP contribution in [0.2, 0.25) is 0 Å². The molecular weight excluding hydrogens is 142 g/mol. The Labute approximate surface area is 68.3 Å². The van der Waals surface area contributed by atoms with Crippen LogP contribution in [-0.2, 0) is 9.53 Å². The Hall–Kier alpha value is -0.570. The van der Waals surface area contributed by atoms with Crippen molar-refractivity contribution in [2.24, 2.45) is 0 Å². The van der Waals surface area contributed by atoms with Crippen molar-refractivity contribution in [1.82, 2.24) is 4.90 Å². The van der Waals surface area contributed by atoms with E-state index >= 15 is 0 Å². The van der Waals surface area contributed by atoms with E-state index in [0.717, 1.165) is 19.4 Å². The number of hydrogen-bond donors (Lipinski definition) is 0. The molecule has 0 saturated heterocycles. The number of carbonyl (C=O) groups excluding carboxylic acids is 1. The van der Waals surface area contributed by atoms with Gasteiger partial charge >= 0.3 is 0 Å². The Balaban J connectivity index is 3.43. The lowest BCUT2D eigenvalue weighted by molar-refractivity contribution is -0.134. The Morgan fingerprint density at radius 2 is 2.18 bits per heavy atom. The van der Waals surface area contributed by atoms with Crippen molar-refractivity contribution in [2.75, 3.05) is 20.6 Å². The summed E-state index contributed by atoms with van der Waals surface area (Å²) in [5, 5.41) is 0. The minimum Gasteiger partial charge on any atom is -0.465 e. The van der Waals surface area contributed by atoms with Crippen LogP contribution in [0.25, 0.3) is 0 Å². The fourth-order valence-corrected chi connectivity index (χ4v) is 0.849. The molecule has 3 heteroatoms. The van der Waals surface area contributed by atoms with Crippen molar-refractivity contribution in [3.8, 4) is 0 Å². The average Bonchev–Trinajstić information content (AvgIpc) is 1.97. The number of rotatable bonds is 6. The van der Waals surface area contributed by atoms with E-state index in [4.69, 9.17) is 4.74 Å². The van der Waals surface area contributed by atoms with E-state index < -0.39 is 0 Å². The maximum absolute atomic E-state index is 9.98. The van der Waals surface area contributed by atoms with Gasteiger partial charge in [-0.3, -0.25) is 4.79 Å². The first-order chi connectivity index (χ1) is 5.20. The number of hydrogen-bond acceptors (Lipinski definition) is 3. The molecule has 0 aromatic rings.